The van der Waals surface area contributed by atoms with Crippen LogP contribution in [0.4, 0.5) is 0 Å². The maximum absolute atomic E-state index is 12.1. The molecule has 4 nitrogen and oxygen atoms in total. The standard InChI is InChI=1S/C19H21BrN2O2/c1-14-5-3-6-16(11-14)13-22(15(2)23)10-9-21-19(24)17-7-4-8-18(20)12-17/h3-8,11-12H,9-10,13H2,1-2H3,(H,21,24). The smallest absolute Gasteiger partial charge is 0.251 e. The molecule has 0 spiro atoms. The van der Waals surface area contributed by atoms with E-state index >= 15 is 0 Å². The Morgan fingerprint density at radius 3 is 2.54 bits per heavy atom. The third-order valence-corrected chi connectivity index (χ3v) is 4.15. The molecule has 0 saturated carbocycles. The first-order valence-corrected chi connectivity index (χ1v) is 8.60. The lowest BCUT2D eigenvalue weighted by molar-refractivity contribution is -0.129. The third kappa shape index (κ3) is 5.49. The highest BCUT2D eigenvalue weighted by Gasteiger charge is 2.11. The number of rotatable bonds is 6. The monoisotopic (exact) mass is 388 g/mol. The van der Waals surface area contributed by atoms with E-state index < -0.39 is 0 Å². The topological polar surface area (TPSA) is 49.4 Å². The summed E-state index contributed by atoms with van der Waals surface area (Å²) in [6, 6.07) is 15.3. The highest BCUT2D eigenvalue weighted by atomic mass is 79.9. The first kappa shape index (κ1) is 18.2. The summed E-state index contributed by atoms with van der Waals surface area (Å²) in [6.07, 6.45) is 0. The number of halogens is 1. The highest BCUT2D eigenvalue weighted by molar-refractivity contribution is 9.10. The van der Waals surface area contributed by atoms with Gasteiger partial charge in [0.15, 0.2) is 0 Å². The number of benzene rings is 2. The van der Waals surface area contributed by atoms with Gasteiger partial charge in [-0.15, -0.1) is 0 Å². The predicted molar refractivity (Wildman–Crippen MR) is 98.7 cm³/mol. The molecule has 2 amide bonds. The second-order valence-electron chi connectivity index (χ2n) is 5.70. The average Bonchev–Trinajstić information content (AvgIpc) is 2.53. The normalized spacial score (nSPS) is 10.3. The van der Waals surface area contributed by atoms with E-state index in [1.165, 1.54) is 5.56 Å². The summed E-state index contributed by atoms with van der Waals surface area (Å²) in [7, 11) is 0. The highest BCUT2D eigenvalue weighted by Crippen LogP contribution is 2.11. The van der Waals surface area contributed by atoms with Gasteiger partial charge in [0.1, 0.15) is 0 Å². The molecule has 0 aliphatic carbocycles. The lowest BCUT2D eigenvalue weighted by Crippen LogP contribution is -2.37. The number of nitrogens with one attached hydrogen (secondary N) is 1. The van der Waals surface area contributed by atoms with Crippen molar-refractivity contribution >= 4 is 27.7 Å². The SMILES string of the molecule is CC(=O)N(CCNC(=O)c1cccc(Br)c1)Cc1cccc(C)c1. The van der Waals surface area contributed by atoms with E-state index in [0.717, 1.165) is 10.0 Å². The molecule has 2 aromatic carbocycles. The summed E-state index contributed by atoms with van der Waals surface area (Å²) >= 11 is 3.35. The minimum atomic E-state index is -0.143. The van der Waals surface area contributed by atoms with Gasteiger partial charge in [-0.2, -0.15) is 0 Å². The van der Waals surface area contributed by atoms with Crippen molar-refractivity contribution in [2.45, 2.75) is 20.4 Å². The maximum atomic E-state index is 12.1. The molecule has 2 rings (SSSR count). The van der Waals surface area contributed by atoms with Gasteiger partial charge >= 0.3 is 0 Å². The van der Waals surface area contributed by atoms with E-state index in [2.05, 4.69) is 27.3 Å². The van der Waals surface area contributed by atoms with Crippen LogP contribution in [0, 0.1) is 6.92 Å². The van der Waals surface area contributed by atoms with Crippen molar-refractivity contribution < 1.29 is 9.59 Å². The lowest BCUT2D eigenvalue weighted by atomic mass is 10.1. The fourth-order valence-corrected chi connectivity index (χ4v) is 2.81. The molecule has 0 fully saturated rings. The molecular weight excluding hydrogens is 368 g/mol. The first-order chi connectivity index (χ1) is 11.5. The Labute approximate surface area is 151 Å². The number of aryl methyl sites for hydroxylation is 1. The van der Waals surface area contributed by atoms with Gasteiger partial charge in [-0.3, -0.25) is 9.59 Å². The Balaban J connectivity index is 1.90. The van der Waals surface area contributed by atoms with E-state index in [4.69, 9.17) is 0 Å². The minimum Gasteiger partial charge on any atom is -0.350 e. The summed E-state index contributed by atoms with van der Waals surface area (Å²) in [4.78, 5) is 25.7. The van der Waals surface area contributed by atoms with Crippen LogP contribution in [0.2, 0.25) is 0 Å². The van der Waals surface area contributed by atoms with Crippen LogP contribution in [-0.4, -0.2) is 29.8 Å². The molecule has 126 valence electrons. The molecule has 0 heterocycles. The van der Waals surface area contributed by atoms with E-state index in [0.29, 0.717) is 25.2 Å². The van der Waals surface area contributed by atoms with E-state index in [9.17, 15) is 9.59 Å². The van der Waals surface area contributed by atoms with Crippen molar-refractivity contribution in [1.82, 2.24) is 10.2 Å². The van der Waals surface area contributed by atoms with Crippen LogP contribution in [0.5, 0.6) is 0 Å². The molecule has 5 heteroatoms. The molecule has 0 aliphatic heterocycles. The van der Waals surface area contributed by atoms with Crippen LogP contribution in [-0.2, 0) is 11.3 Å². The van der Waals surface area contributed by atoms with Crippen LogP contribution < -0.4 is 5.32 Å². The molecule has 0 bridgehead atoms. The van der Waals surface area contributed by atoms with Crippen molar-refractivity contribution in [2.75, 3.05) is 13.1 Å². The van der Waals surface area contributed by atoms with Gasteiger partial charge in [0.05, 0.1) is 0 Å². The Morgan fingerprint density at radius 2 is 1.88 bits per heavy atom. The lowest BCUT2D eigenvalue weighted by Gasteiger charge is -2.21. The van der Waals surface area contributed by atoms with Crippen molar-refractivity contribution in [2.24, 2.45) is 0 Å². The second-order valence-corrected chi connectivity index (χ2v) is 6.61. The summed E-state index contributed by atoms with van der Waals surface area (Å²) in [6.45, 7) is 5.01. The fourth-order valence-electron chi connectivity index (χ4n) is 2.41. The molecular formula is C19H21BrN2O2. The van der Waals surface area contributed by atoms with Crippen LogP contribution in [0.25, 0.3) is 0 Å². The van der Waals surface area contributed by atoms with Crippen molar-refractivity contribution in [3.63, 3.8) is 0 Å². The number of amides is 2. The molecule has 1 N–H and O–H groups in total. The molecule has 0 radical (unpaired) electrons. The van der Waals surface area contributed by atoms with E-state index in [-0.39, 0.29) is 11.8 Å². The number of nitrogens with zero attached hydrogens (tertiary/aromatic N) is 1. The van der Waals surface area contributed by atoms with Gasteiger partial charge in [-0.05, 0) is 30.7 Å². The molecule has 24 heavy (non-hydrogen) atoms. The van der Waals surface area contributed by atoms with Gasteiger partial charge in [0.25, 0.3) is 5.91 Å². The number of hydrogen-bond donors (Lipinski definition) is 1. The van der Waals surface area contributed by atoms with Gasteiger partial charge in [-0.25, -0.2) is 0 Å². The zero-order valence-electron chi connectivity index (χ0n) is 13.9. The Morgan fingerprint density at radius 1 is 1.12 bits per heavy atom. The number of carbonyl (C=O) groups is 2. The van der Waals surface area contributed by atoms with Crippen LogP contribution >= 0.6 is 15.9 Å². The quantitative estimate of drug-likeness (QED) is 0.822. The third-order valence-electron chi connectivity index (χ3n) is 3.66. The summed E-state index contributed by atoms with van der Waals surface area (Å²) < 4.78 is 0.861. The van der Waals surface area contributed by atoms with Crippen LogP contribution in [0.1, 0.15) is 28.4 Å². The predicted octanol–water partition coefficient (Wildman–Crippen LogP) is 3.54. The molecule has 0 unspecified atom stereocenters. The molecule has 2 aromatic rings. The van der Waals surface area contributed by atoms with E-state index in [1.54, 1.807) is 24.0 Å². The minimum absolute atomic E-state index is 0.00629. The maximum Gasteiger partial charge on any atom is 0.251 e. The van der Waals surface area contributed by atoms with Gasteiger partial charge in [-0.1, -0.05) is 51.8 Å². The number of carbonyl (C=O) groups excluding carboxylic acids is 2. The molecule has 0 aliphatic rings. The van der Waals surface area contributed by atoms with Gasteiger partial charge in [0, 0.05) is 36.6 Å². The largest absolute Gasteiger partial charge is 0.350 e. The summed E-state index contributed by atoms with van der Waals surface area (Å²) in [5.74, 6) is -0.149. The van der Waals surface area contributed by atoms with E-state index in [1.807, 2.05) is 37.3 Å². The Hall–Kier alpha value is -2.14. The fraction of sp³-hybridized carbons (Fsp3) is 0.263. The van der Waals surface area contributed by atoms with Crippen molar-refractivity contribution in [1.29, 1.82) is 0 Å². The van der Waals surface area contributed by atoms with Crippen molar-refractivity contribution in [3.05, 3.63) is 69.7 Å². The first-order valence-electron chi connectivity index (χ1n) is 7.80. The molecule has 0 saturated heterocycles. The Kier molecular flexibility index (Phi) is 6.55. The summed E-state index contributed by atoms with van der Waals surface area (Å²) in [5, 5.41) is 2.86. The van der Waals surface area contributed by atoms with Crippen molar-refractivity contribution in [3.8, 4) is 0 Å². The van der Waals surface area contributed by atoms with Crippen LogP contribution in [0.15, 0.2) is 53.0 Å². The van der Waals surface area contributed by atoms with Gasteiger partial charge in [0.2, 0.25) is 5.91 Å². The van der Waals surface area contributed by atoms with Gasteiger partial charge < -0.3 is 10.2 Å². The summed E-state index contributed by atoms with van der Waals surface area (Å²) in [5.41, 5.74) is 2.85. The second kappa shape index (κ2) is 8.64. The number of hydrogen-bond acceptors (Lipinski definition) is 2. The van der Waals surface area contributed by atoms with Crippen LogP contribution in [0.3, 0.4) is 0 Å². The Bertz CT molecular complexity index is 731. The molecule has 0 aromatic heterocycles. The average molecular weight is 389 g/mol. The zero-order valence-corrected chi connectivity index (χ0v) is 15.5. The molecule has 0 atom stereocenters. The zero-order chi connectivity index (χ0) is 17.5.